The zero-order valence-corrected chi connectivity index (χ0v) is 24.9. The molecular formula is C28H30Cl3N3O4S. The molecule has 0 aliphatic rings. The molecule has 208 valence electrons. The van der Waals surface area contributed by atoms with Crippen LogP contribution in [0.25, 0.3) is 0 Å². The van der Waals surface area contributed by atoms with Gasteiger partial charge in [-0.15, -0.1) is 0 Å². The number of benzene rings is 3. The molecule has 0 saturated carbocycles. The van der Waals surface area contributed by atoms with Gasteiger partial charge in [0.25, 0.3) is 10.0 Å². The van der Waals surface area contributed by atoms with Crippen LogP contribution in [-0.4, -0.2) is 44.3 Å². The molecule has 0 spiro atoms. The van der Waals surface area contributed by atoms with Crippen LogP contribution < -0.4 is 9.62 Å². The van der Waals surface area contributed by atoms with E-state index < -0.39 is 28.5 Å². The predicted octanol–water partition coefficient (Wildman–Crippen LogP) is 6.09. The summed E-state index contributed by atoms with van der Waals surface area (Å²) in [6.07, 6.45) is 0.719. The van der Waals surface area contributed by atoms with Crippen LogP contribution in [0.5, 0.6) is 0 Å². The van der Waals surface area contributed by atoms with Gasteiger partial charge in [-0.3, -0.25) is 13.9 Å². The van der Waals surface area contributed by atoms with Crippen molar-refractivity contribution in [1.29, 1.82) is 0 Å². The Balaban J connectivity index is 2.04. The predicted molar refractivity (Wildman–Crippen MR) is 157 cm³/mol. The first kappa shape index (κ1) is 30.8. The third kappa shape index (κ3) is 7.66. The van der Waals surface area contributed by atoms with Crippen LogP contribution in [0.1, 0.15) is 31.4 Å². The van der Waals surface area contributed by atoms with Gasteiger partial charge in [-0.2, -0.15) is 0 Å². The van der Waals surface area contributed by atoms with Gasteiger partial charge in [-0.1, -0.05) is 72.1 Å². The van der Waals surface area contributed by atoms with Crippen molar-refractivity contribution in [2.75, 3.05) is 17.4 Å². The van der Waals surface area contributed by atoms with E-state index in [0.717, 1.165) is 16.3 Å². The van der Waals surface area contributed by atoms with Gasteiger partial charge >= 0.3 is 0 Å². The van der Waals surface area contributed by atoms with Crippen molar-refractivity contribution in [1.82, 2.24) is 10.2 Å². The van der Waals surface area contributed by atoms with E-state index in [1.54, 1.807) is 62.4 Å². The number of nitrogens with zero attached hydrogens (tertiary/aromatic N) is 2. The van der Waals surface area contributed by atoms with Crippen LogP contribution in [0.3, 0.4) is 0 Å². The van der Waals surface area contributed by atoms with Crippen molar-refractivity contribution in [2.24, 2.45) is 0 Å². The Kier molecular flexibility index (Phi) is 10.7. The Morgan fingerprint density at radius 1 is 0.923 bits per heavy atom. The molecule has 0 saturated heterocycles. The molecule has 7 nitrogen and oxygen atoms in total. The first-order valence-corrected chi connectivity index (χ1v) is 14.9. The van der Waals surface area contributed by atoms with Crippen LogP contribution in [0.15, 0.2) is 71.6 Å². The summed E-state index contributed by atoms with van der Waals surface area (Å²) < 4.78 is 28.6. The SMILES string of the molecule is CCCNC(=O)[C@@H](C)N(Cc1ccc(Cl)c(Cl)c1)C(=O)CN(c1ccc(C)c(Cl)c1)S(=O)(=O)c1ccccc1. The number of hydrogen-bond acceptors (Lipinski definition) is 4. The van der Waals surface area contributed by atoms with E-state index >= 15 is 0 Å². The molecule has 1 atom stereocenters. The topological polar surface area (TPSA) is 86.8 Å². The summed E-state index contributed by atoms with van der Waals surface area (Å²) in [5.74, 6) is -0.947. The lowest BCUT2D eigenvalue weighted by Gasteiger charge is -2.32. The van der Waals surface area contributed by atoms with Gasteiger partial charge < -0.3 is 10.2 Å². The first-order chi connectivity index (χ1) is 18.4. The molecular weight excluding hydrogens is 581 g/mol. The highest BCUT2D eigenvalue weighted by Crippen LogP contribution is 2.29. The summed E-state index contributed by atoms with van der Waals surface area (Å²) in [7, 11) is -4.17. The summed E-state index contributed by atoms with van der Waals surface area (Å²) in [5, 5.41) is 3.80. The minimum absolute atomic E-state index is 0.00428. The Labute approximate surface area is 244 Å². The first-order valence-electron chi connectivity index (χ1n) is 12.3. The van der Waals surface area contributed by atoms with E-state index in [4.69, 9.17) is 34.8 Å². The summed E-state index contributed by atoms with van der Waals surface area (Å²) in [6.45, 7) is 5.19. The zero-order valence-electron chi connectivity index (χ0n) is 21.8. The molecule has 0 bridgehead atoms. The summed E-state index contributed by atoms with van der Waals surface area (Å²) >= 11 is 18.6. The van der Waals surface area contributed by atoms with Crippen molar-refractivity contribution in [3.63, 3.8) is 0 Å². The van der Waals surface area contributed by atoms with Crippen molar-refractivity contribution in [3.05, 3.63) is 92.9 Å². The monoisotopic (exact) mass is 609 g/mol. The number of amides is 2. The number of halogens is 3. The van der Waals surface area contributed by atoms with E-state index in [2.05, 4.69) is 5.32 Å². The lowest BCUT2D eigenvalue weighted by Crippen LogP contribution is -2.51. The average molecular weight is 611 g/mol. The van der Waals surface area contributed by atoms with Crippen LogP contribution in [0.2, 0.25) is 15.1 Å². The molecule has 11 heteroatoms. The molecule has 0 aromatic heterocycles. The highest BCUT2D eigenvalue weighted by molar-refractivity contribution is 7.92. The Hall–Kier alpha value is -2.78. The summed E-state index contributed by atoms with van der Waals surface area (Å²) in [5.41, 5.74) is 1.61. The largest absolute Gasteiger partial charge is 0.354 e. The third-order valence-electron chi connectivity index (χ3n) is 6.11. The molecule has 0 fully saturated rings. The van der Waals surface area contributed by atoms with Gasteiger partial charge in [0.05, 0.1) is 20.6 Å². The minimum atomic E-state index is -4.17. The maximum atomic E-state index is 13.9. The Morgan fingerprint density at radius 2 is 1.62 bits per heavy atom. The number of nitrogens with one attached hydrogen (secondary N) is 1. The van der Waals surface area contributed by atoms with E-state index in [0.29, 0.717) is 27.2 Å². The van der Waals surface area contributed by atoms with Crippen LogP contribution in [0, 0.1) is 6.92 Å². The molecule has 2 amide bonds. The van der Waals surface area contributed by atoms with E-state index in [-0.39, 0.29) is 23.0 Å². The summed E-state index contributed by atoms with van der Waals surface area (Å²) in [6, 6.07) is 16.6. The van der Waals surface area contributed by atoms with Gasteiger partial charge in [0.2, 0.25) is 11.8 Å². The van der Waals surface area contributed by atoms with E-state index in [9.17, 15) is 18.0 Å². The maximum absolute atomic E-state index is 13.9. The second kappa shape index (κ2) is 13.5. The average Bonchev–Trinajstić information content (AvgIpc) is 2.92. The van der Waals surface area contributed by atoms with Gasteiger partial charge in [0.1, 0.15) is 12.6 Å². The molecule has 0 unspecified atom stereocenters. The molecule has 0 heterocycles. The third-order valence-corrected chi connectivity index (χ3v) is 9.04. The second-order valence-electron chi connectivity index (χ2n) is 9.00. The molecule has 39 heavy (non-hydrogen) atoms. The fraction of sp³-hybridized carbons (Fsp3) is 0.286. The van der Waals surface area contributed by atoms with Crippen LogP contribution in [-0.2, 0) is 26.2 Å². The number of rotatable bonds is 11. The lowest BCUT2D eigenvalue weighted by atomic mass is 10.1. The van der Waals surface area contributed by atoms with Gasteiger partial charge in [0.15, 0.2) is 0 Å². The van der Waals surface area contributed by atoms with Crippen LogP contribution >= 0.6 is 34.8 Å². The van der Waals surface area contributed by atoms with Crippen molar-refractivity contribution in [3.8, 4) is 0 Å². The second-order valence-corrected chi connectivity index (χ2v) is 12.1. The maximum Gasteiger partial charge on any atom is 0.264 e. The zero-order chi connectivity index (χ0) is 28.7. The number of carbonyl (C=O) groups is 2. The van der Waals surface area contributed by atoms with Crippen molar-refractivity contribution >= 4 is 62.3 Å². The standard InChI is InChI=1S/C28H30Cl3N3O4S/c1-4-14-32-28(36)20(3)33(17-21-11-13-24(29)26(31)15-21)27(35)18-34(22-12-10-19(2)25(30)16-22)39(37,38)23-8-6-5-7-9-23/h5-13,15-16,20H,4,14,17-18H2,1-3H3,(H,32,36)/t20-/m1/s1. The number of sulfonamides is 1. The molecule has 1 N–H and O–H groups in total. The fourth-order valence-electron chi connectivity index (χ4n) is 3.80. The number of hydrogen-bond donors (Lipinski definition) is 1. The van der Waals surface area contributed by atoms with Gasteiger partial charge in [-0.25, -0.2) is 8.42 Å². The normalized spacial score (nSPS) is 12.1. The highest BCUT2D eigenvalue weighted by Gasteiger charge is 2.32. The Bertz CT molecular complexity index is 1440. The minimum Gasteiger partial charge on any atom is -0.354 e. The number of anilines is 1. The fourth-order valence-corrected chi connectivity index (χ4v) is 5.72. The Morgan fingerprint density at radius 3 is 2.23 bits per heavy atom. The van der Waals surface area contributed by atoms with Crippen molar-refractivity contribution < 1.29 is 18.0 Å². The van der Waals surface area contributed by atoms with Gasteiger partial charge in [0, 0.05) is 18.1 Å². The number of aryl methyl sites for hydroxylation is 1. The van der Waals surface area contributed by atoms with E-state index in [1.807, 2.05) is 6.92 Å². The molecule has 0 aliphatic heterocycles. The van der Waals surface area contributed by atoms with Crippen LogP contribution in [0.4, 0.5) is 5.69 Å². The molecule has 0 radical (unpaired) electrons. The van der Waals surface area contributed by atoms with Crippen molar-refractivity contribution in [2.45, 2.75) is 44.7 Å². The molecule has 0 aliphatic carbocycles. The quantitative estimate of drug-likeness (QED) is 0.285. The molecule has 3 aromatic carbocycles. The number of carbonyl (C=O) groups excluding carboxylic acids is 2. The molecule has 3 aromatic rings. The molecule has 3 rings (SSSR count). The lowest BCUT2D eigenvalue weighted by molar-refractivity contribution is -0.139. The highest BCUT2D eigenvalue weighted by atomic mass is 35.5. The van der Waals surface area contributed by atoms with Gasteiger partial charge in [-0.05, 0) is 67.8 Å². The van der Waals surface area contributed by atoms with E-state index in [1.165, 1.54) is 23.1 Å². The smallest absolute Gasteiger partial charge is 0.264 e. The summed E-state index contributed by atoms with van der Waals surface area (Å²) in [4.78, 5) is 28.1.